The molecule has 0 radical (unpaired) electrons. The van der Waals surface area contributed by atoms with Crippen molar-refractivity contribution in [1.82, 2.24) is 10.3 Å². The number of nitrogens with zero attached hydrogens (tertiary/aromatic N) is 1. The topological polar surface area (TPSA) is 70.0 Å². The van der Waals surface area contributed by atoms with Gasteiger partial charge >= 0.3 is 0 Å². The van der Waals surface area contributed by atoms with Crippen molar-refractivity contribution < 1.29 is 9.13 Å². The average Bonchev–Trinajstić information content (AvgIpc) is 3.09. The lowest BCUT2D eigenvalue weighted by Gasteiger charge is -2.12. The van der Waals surface area contributed by atoms with E-state index in [-0.39, 0.29) is 11.8 Å². The lowest BCUT2D eigenvalue weighted by atomic mass is 10.2. The van der Waals surface area contributed by atoms with Crippen LogP contribution in [0.1, 0.15) is 5.56 Å². The summed E-state index contributed by atoms with van der Waals surface area (Å²) in [6.45, 7) is 0.338. The second kappa shape index (κ2) is 8.16. The van der Waals surface area contributed by atoms with Crippen LogP contribution in [0.5, 0.6) is 5.75 Å². The number of hydrogen-bond donors (Lipinski definition) is 3. The van der Waals surface area contributed by atoms with Crippen molar-refractivity contribution in [3.05, 3.63) is 64.2 Å². The maximum atomic E-state index is 13.0. The number of guanidine groups is 1. The molecule has 8 heteroatoms. The predicted octanol–water partition coefficient (Wildman–Crippen LogP) is 4.75. The van der Waals surface area contributed by atoms with Crippen molar-refractivity contribution in [2.24, 2.45) is 0 Å². The molecule has 0 aliphatic rings. The minimum atomic E-state index is -0.289. The highest BCUT2D eigenvalue weighted by Gasteiger charge is 2.10. The average molecular weight is 391 g/mol. The number of hydrogen-bond acceptors (Lipinski definition) is 4. The summed E-state index contributed by atoms with van der Waals surface area (Å²) in [5.74, 6) is 0.459. The molecule has 3 rings (SSSR count). The first-order valence-electron chi connectivity index (χ1n) is 7.69. The van der Waals surface area contributed by atoms with Crippen LogP contribution in [0.3, 0.4) is 0 Å². The molecule has 1 aromatic heterocycles. The third-order valence-corrected chi connectivity index (χ3v) is 4.73. The molecule has 0 unspecified atom stereocenters. The Bertz CT molecular complexity index is 914. The summed E-state index contributed by atoms with van der Waals surface area (Å²) in [5, 5.41) is 16.8. The van der Waals surface area contributed by atoms with Crippen molar-refractivity contribution in [2.45, 2.75) is 6.54 Å². The molecule has 0 saturated heterocycles. The van der Waals surface area contributed by atoms with Crippen LogP contribution in [0, 0.1) is 11.2 Å². The smallest absolute Gasteiger partial charge is 0.195 e. The van der Waals surface area contributed by atoms with E-state index in [2.05, 4.69) is 15.6 Å². The molecule has 134 valence electrons. The zero-order chi connectivity index (χ0) is 18.5. The van der Waals surface area contributed by atoms with Gasteiger partial charge in [-0.25, -0.2) is 9.37 Å². The Morgan fingerprint density at radius 1 is 1.27 bits per heavy atom. The van der Waals surface area contributed by atoms with E-state index in [4.69, 9.17) is 21.7 Å². The Balaban J connectivity index is 1.62. The lowest BCUT2D eigenvalue weighted by molar-refractivity contribution is 0.409. The molecular formula is C18H16ClFN4OS. The predicted molar refractivity (Wildman–Crippen MR) is 104 cm³/mol. The molecule has 0 fully saturated rings. The quantitative estimate of drug-likeness (QED) is 0.434. The van der Waals surface area contributed by atoms with Gasteiger partial charge in [-0.1, -0.05) is 17.7 Å². The third kappa shape index (κ3) is 4.30. The SMILES string of the molecule is COc1cccc(Cl)c1CNC(=N)Nc1nc(-c2ccc(F)cc2)cs1. The highest BCUT2D eigenvalue weighted by atomic mass is 35.5. The monoisotopic (exact) mass is 390 g/mol. The largest absolute Gasteiger partial charge is 0.496 e. The number of halogens is 2. The Morgan fingerprint density at radius 3 is 2.77 bits per heavy atom. The maximum Gasteiger partial charge on any atom is 0.195 e. The molecule has 0 amide bonds. The summed E-state index contributed by atoms with van der Waals surface area (Å²) in [6.07, 6.45) is 0. The summed E-state index contributed by atoms with van der Waals surface area (Å²) in [4.78, 5) is 4.41. The van der Waals surface area contributed by atoms with Gasteiger partial charge in [0.05, 0.1) is 12.8 Å². The van der Waals surface area contributed by atoms with Crippen LogP contribution >= 0.6 is 22.9 Å². The van der Waals surface area contributed by atoms with E-state index in [1.165, 1.54) is 23.5 Å². The van der Waals surface area contributed by atoms with Gasteiger partial charge in [-0.05, 0) is 36.4 Å². The van der Waals surface area contributed by atoms with Crippen molar-refractivity contribution in [3.8, 4) is 17.0 Å². The van der Waals surface area contributed by atoms with E-state index >= 15 is 0 Å². The molecule has 3 aromatic rings. The number of thiazole rings is 1. The number of rotatable bonds is 5. The molecule has 0 bridgehead atoms. The van der Waals surface area contributed by atoms with Gasteiger partial charge in [0.15, 0.2) is 11.1 Å². The first kappa shape index (κ1) is 18.2. The molecule has 0 spiro atoms. The van der Waals surface area contributed by atoms with E-state index in [0.717, 1.165) is 16.8 Å². The summed E-state index contributed by atoms with van der Waals surface area (Å²) in [6, 6.07) is 11.5. The second-order valence-corrected chi connectivity index (χ2v) is 6.58. The van der Waals surface area contributed by atoms with E-state index in [1.807, 2.05) is 11.4 Å². The number of ether oxygens (including phenoxy) is 1. The summed E-state index contributed by atoms with van der Waals surface area (Å²) in [5.41, 5.74) is 2.31. The minimum Gasteiger partial charge on any atom is -0.496 e. The minimum absolute atomic E-state index is 0.0898. The summed E-state index contributed by atoms with van der Waals surface area (Å²) < 4.78 is 18.3. The van der Waals surface area contributed by atoms with Crippen molar-refractivity contribution in [2.75, 3.05) is 12.4 Å². The van der Waals surface area contributed by atoms with Crippen LogP contribution in [0.25, 0.3) is 11.3 Å². The van der Waals surface area contributed by atoms with Crippen LogP contribution in [-0.4, -0.2) is 18.1 Å². The van der Waals surface area contributed by atoms with Crippen molar-refractivity contribution >= 4 is 34.0 Å². The van der Waals surface area contributed by atoms with Crippen LogP contribution in [0.2, 0.25) is 5.02 Å². The first-order valence-corrected chi connectivity index (χ1v) is 8.95. The van der Waals surface area contributed by atoms with E-state index in [9.17, 15) is 4.39 Å². The van der Waals surface area contributed by atoms with Gasteiger partial charge in [0, 0.05) is 28.1 Å². The van der Waals surface area contributed by atoms with Gasteiger partial charge in [0.25, 0.3) is 0 Å². The van der Waals surface area contributed by atoms with Crippen LogP contribution in [0.4, 0.5) is 9.52 Å². The summed E-state index contributed by atoms with van der Waals surface area (Å²) in [7, 11) is 1.57. The fraction of sp³-hybridized carbons (Fsp3) is 0.111. The van der Waals surface area contributed by atoms with Crippen LogP contribution in [-0.2, 0) is 6.54 Å². The highest BCUT2D eigenvalue weighted by molar-refractivity contribution is 7.14. The molecule has 5 nitrogen and oxygen atoms in total. The van der Waals surface area contributed by atoms with Gasteiger partial charge in [0.2, 0.25) is 0 Å². The Morgan fingerprint density at radius 2 is 2.04 bits per heavy atom. The van der Waals surface area contributed by atoms with E-state index in [1.54, 1.807) is 31.4 Å². The Kier molecular flexibility index (Phi) is 5.70. The van der Waals surface area contributed by atoms with Crippen LogP contribution in [0.15, 0.2) is 47.8 Å². The van der Waals surface area contributed by atoms with Crippen LogP contribution < -0.4 is 15.4 Å². The maximum absolute atomic E-state index is 13.0. The highest BCUT2D eigenvalue weighted by Crippen LogP contribution is 2.27. The van der Waals surface area contributed by atoms with Gasteiger partial charge in [-0.3, -0.25) is 5.41 Å². The zero-order valence-corrected chi connectivity index (χ0v) is 15.4. The van der Waals surface area contributed by atoms with E-state index < -0.39 is 0 Å². The molecule has 0 aliphatic carbocycles. The Hall–Kier alpha value is -2.64. The molecule has 2 aromatic carbocycles. The molecule has 26 heavy (non-hydrogen) atoms. The number of aromatic nitrogens is 1. The summed E-state index contributed by atoms with van der Waals surface area (Å²) >= 11 is 7.55. The fourth-order valence-corrected chi connectivity index (χ4v) is 3.27. The third-order valence-electron chi connectivity index (χ3n) is 3.61. The van der Waals surface area contributed by atoms with E-state index in [0.29, 0.717) is 22.4 Å². The molecule has 0 atom stereocenters. The number of nitrogens with one attached hydrogen (secondary N) is 3. The fourth-order valence-electron chi connectivity index (χ4n) is 2.31. The lowest BCUT2D eigenvalue weighted by Crippen LogP contribution is -2.29. The van der Waals surface area contributed by atoms with Gasteiger partial charge < -0.3 is 15.4 Å². The molecule has 0 aliphatic heterocycles. The standard InChI is InChI=1S/C18H16ClFN4OS/c1-25-16-4-2-3-14(19)13(16)9-22-17(21)24-18-23-15(10-26-18)11-5-7-12(20)8-6-11/h2-8,10H,9H2,1H3,(H3,21,22,23,24). The molecule has 3 N–H and O–H groups in total. The molecule has 1 heterocycles. The zero-order valence-electron chi connectivity index (χ0n) is 13.8. The van der Waals surface area contributed by atoms with Gasteiger partial charge in [-0.15, -0.1) is 11.3 Å². The number of methoxy groups -OCH3 is 1. The van der Waals surface area contributed by atoms with Gasteiger partial charge in [-0.2, -0.15) is 0 Å². The number of benzene rings is 2. The normalized spacial score (nSPS) is 10.4. The molecular weight excluding hydrogens is 375 g/mol. The second-order valence-electron chi connectivity index (χ2n) is 5.32. The van der Waals surface area contributed by atoms with Gasteiger partial charge in [0.1, 0.15) is 11.6 Å². The Labute approximate surface area is 159 Å². The number of anilines is 1. The van der Waals surface area contributed by atoms with Crippen molar-refractivity contribution in [3.63, 3.8) is 0 Å². The molecule has 0 saturated carbocycles. The first-order chi connectivity index (χ1) is 12.6. The van der Waals surface area contributed by atoms with Crippen molar-refractivity contribution in [1.29, 1.82) is 5.41 Å².